The molecule has 0 spiro atoms. The molecule has 0 N–H and O–H groups in total. The number of Topliss-reactive ketones (excluding diaryl/α,β-unsaturated/α-hetero) is 1. The molecular formula is C20H10BrCl2FN2O2. The third kappa shape index (κ3) is 4.50. The fourth-order valence-electron chi connectivity index (χ4n) is 2.47. The Labute approximate surface area is 178 Å². The summed E-state index contributed by atoms with van der Waals surface area (Å²) in [6, 6.07) is 12.5. The summed E-state index contributed by atoms with van der Waals surface area (Å²) < 4.78 is 21.0. The summed E-state index contributed by atoms with van der Waals surface area (Å²) >= 11 is 15.1. The number of pyridine rings is 1. The van der Waals surface area contributed by atoms with E-state index in [1.165, 1.54) is 36.5 Å². The van der Waals surface area contributed by atoms with Gasteiger partial charge < -0.3 is 4.74 Å². The van der Waals surface area contributed by atoms with Crippen LogP contribution in [0, 0.1) is 17.1 Å². The highest BCUT2D eigenvalue weighted by Crippen LogP contribution is 2.36. The second kappa shape index (κ2) is 8.70. The molecule has 0 amide bonds. The molecule has 0 aliphatic carbocycles. The van der Waals surface area contributed by atoms with E-state index in [0.29, 0.717) is 4.47 Å². The average molecular weight is 480 g/mol. The molecule has 140 valence electrons. The lowest BCUT2D eigenvalue weighted by molar-refractivity contribution is 0.0991. The van der Waals surface area contributed by atoms with Crippen LogP contribution in [0.15, 0.2) is 53.1 Å². The quantitative estimate of drug-likeness (QED) is 0.314. The molecule has 0 fully saturated rings. The van der Waals surface area contributed by atoms with E-state index >= 15 is 4.39 Å². The molecule has 0 saturated heterocycles. The number of ether oxygens (including phenoxy) is 1. The number of hydrogen-bond acceptors (Lipinski definition) is 4. The lowest BCUT2D eigenvalue weighted by Crippen LogP contribution is -2.07. The van der Waals surface area contributed by atoms with E-state index in [9.17, 15) is 4.79 Å². The van der Waals surface area contributed by atoms with E-state index in [0.717, 1.165) is 0 Å². The van der Waals surface area contributed by atoms with Gasteiger partial charge in [0.15, 0.2) is 17.3 Å². The zero-order chi connectivity index (χ0) is 20.3. The Balaban J connectivity index is 1.92. The molecule has 28 heavy (non-hydrogen) atoms. The van der Waals surface area contributed by atoms with Crippen LogP contribution in [-0.2, 0) is 6.42 Å². The van der Waals surface area contributed by atoms with Gasteiger partial charge in [-0.25, -0.2) is 9.37 Å². The zero-order valence-corrected chi connectivity index (χ0v) is 17.1. The molecule has 0 saturated carbocycles. The fraction of sp³-hybridized carbons (Fsp3) is 0.0500. The van der Waals surface area contributed by atoms with Crippen molar-refractivity contribution in [2.24, 2.45) is 0 Å². The van der Waals surface area contributed by atoms with Gasteiger partial charge in [0.2, 0.25) is 0 Å². The van der Waals surface area contributed by atoms with Crippen LogP contribution in [0.25, 0.3) is 0 Å². The first-order chi connectivity index (χ1) is 13.4. The molecule has 3 rings (SSSR count). The normalized spacial score (nSPS) is 10.4. The van der Waals surface area contributed by atoms with Crippen LogP contribution in [0.1, 0.15) is 21.5 Å². The number of benzene rings is 2. The zero-order valence-electron chi connectivity index (χ0n) is 14.0. The van der Waals surface area contributed by atoms with E-state index in [4.69, 9.17) is 33.2 Å². The fourth-order valence-corrected chi connectivity index (χ4v) is 3.31. The van der Waals surface area contributed by atoms with Crippen LogP contribution in [-0.4, -0.2) is 10.8 Å². The van der Waals surface area contributed by atoms with Gasteiger partial charge in [0.1, 0.15) is 10.9 Å². The summed E-state index contributed by atoms with van der Waals surface area (Å²) in [5.74, 6) is -1.00. The topological polar surface area (TPSA) is 63.0 Å². The van der Waals surface area contributed by atoms with Crippen molar-refractivity contribution in [2.45, 2.75) is 6.42 Å². The molecule has 8 heteroatoms. The van der Waals surface area contributed by atoms with Crippen molar-refractivity contribution < 1.29 is 13.9 Å². The molecule has 1 aromatic heterocycles. The molecule has 0 atom stereocenters. The highest BCUT2D eigenvalue weighted by atomic mass is 79.9. The molecular weight excluding hydrogens is 470 g/mol. The summed E-state index contributed by atoms with van der Waals surface area (Å²) in [6.07, 6.45) is 1.24. The largest absolute Gasteiger partial charge is 0.453 e. The number of rotatable bonds is 5. The maximum absolute atomic E-state index is 15.0. The van der Waals surface area contributed by atoms with Gasteiger partial charge in [-0.05, 0) is 57.9 Å². The van der Waals surface area contributed by atoms with Gasteiger partial charge >= 0.3 is 0 Å². The van der Waals surface area contributed by atoms with Crippen LogP contribution in [0.3, 0.4) is 0 Å². The van der Waals surface area contributed by atoms with Gasteiger partial charge in [-0.3, -0.25) is 4.79 Å². The monoisotopic (exact) mass is 478 g/mol. The van der Waals surface area contributed by atoms with Gasteiger partial charge in [-0.1, -0.05) is 29.3 Å². The maximum atomic E-state index is 15.0. The van der Waals surface area contributed by atoms with Crippen molar-refractivity contribution in [3.63, 3.8) is 0 Å². The molecule has 1 heterocycles. The van der Waals surface area contributed by atoms with Crippen LogP contribution >= 0.6 is 39.1 Å². The van der Waals surface area contributed by atoms with E-state index in [1.54, 1.807) is 12.1 Å². The number of hydrogen-bond donors (Lipinski definition) is 0. The standard InChI is InChI=1S/C20H10BrCl2FN2O2/c21-16-4-3-12(8-17(27)15-2-1-5-26-20(15)23)18(24)19(16)28-14-7-11(10-25)6-13(22)9-14/h1-7,9H,8H2. The van der Waals surface area contributed by atoms with Gasteiger partial charge in [-0.2, -0.15) is 5.26 Å². The molecule has 2 aromatic carbocycles. The Morgan fingerprint density at radius 2 is 2.04 bits per heavy atom. The van der Waals surface area contributed by atoms with Crippen LogP contribution < -0.4 is 4.74 Å². The summed E-state index contributed by atoms with van der Waals surface area (Å²) in [5.41, 5.74) is 0.615. The van der Waals surface area contributed by atoms with Gasteiger partial charge in [0.25, 0.3) is 0 Å². The molecule has 0 aliphatic rings. The van der Waals surface area contributed by atoms with Gasteiger partial charge in [-0.15, -0.1) is 0 Å². The Kier molecular flexibility index (Phi) is 6.30. The molecule has 4 nitrogen and oxygen atoms in total. The Morgan fingerprint density at radius 1 is 1.25 bits per heavy atom. The van der Waals surface area contributed by atoms with E-state index in [2.05, 4.69) is 20.9 Å². The summed E-state index contributed by atoms with van der Waals surface area (Å²) in [5, 5.41) is 9.38. The number of ketones is 1. The van der Waals surface area contributed by atoms with Crippen molar-refractivity contribution in [2.75, 3.05) is 0 Å². The minimum absolute atomic E-state index is 0.0597. The number of carbonyl (C=O) groups excluding carboxylic acids is 1. The summed E-state index contributed by atoms with van der Waals surface area (Å²) in [7, 11) is 0. The number of carbonyl (C=O) groups is 1. The van der Waals surface area contributed by atoms with Crippen molar-refractivity contribution in [1.29, 1.82) is 5.26 Å². The van der Waals surface area contributed by atoms with E-state index in [-0.39, 0.29) is 50.6 Å². The molecule has 0 unspecified atom stereocenters. The van der Waals surface area contributed by atoms with Gasteiger partial charge in [0, 0.05) is 17.6 Å². The first-order valence-corrected chi connectivity index (χ1v) is 9.43. The first-order valence-electron chi connectivity index (χ1n) is 7.88. The predicted octanol–water partition coefficient (Wildman–Crippen LogP) is 6.38. The lowest BCUT2D eigenvalue weighted by atomic mass is 10.0. The third-order valence-corrected chi connectivity index (χ3v) is 4.90. The molecule has 0 aliphatic heterocycles. The predicted molar refractivity (Wildman–Crippen MR) is 108 cm³/mol. The number of nitrogens with zero attached hydrogens (tertiary/aromatic N) is 2. The van der Waals surface area contributed by atoms with Crippen LogP contribution in [0.4, 0.5) is 4.39 Å². The Hall–Kier alpha value is -2.46. The molecule has 3 aromatic rings. The second-order valence-corrected chi connectivity index (χ2v) is 7.33. The highest BCUT2D eigenvalue weighted by molar-refractivity contribution is 9.10. The molecule has 0 bridgehead atoms. The van der Waals surface area contributed by atoms with Crippen molar-refractivity contribution in [1.82, 2.24) is 4.98 Å². The minimum atomic E-state index is -0.707. The molecule has 0 radical (unpaired) electrons. The average Bonchev–Trinajstić information content (AvgIpc) is 2.67. The second-order valence-electron chi connectivity index (χ2n) is 5.68. The van der Waals surface area contributed by atoms with E-state index < -0.39 is 5.82 Å². The van der Waals surface area contributed by atoms with Crippen molar-refractivity contribution in [3.8, 4) is 17.6 Å². The maximum Gasteiger partial charge on any atom is 0.177 e. The SMILES string of the molecule is N#Cc1cc(Cl)cc(Oc2c(Br)ccc(CC(=O)c3cccnc3Cl)c2F)c1. The number of aromatic nitrogens is 1. The van der Waals surface area contributed by atoms with Crippen molar-refractivity contribution >= 4 is 44.9 Å². The van der Waals surface area contributed by atoms with Crippen molar-refractivity contribution in [3.05, 3.63) is 85.8 Å². The van der Waals surface area contributed by atoms with Gasteiger partial charge in [0.05, 0.1) is 21.7 Å². The minimum Gasteiger partial charge on any atom is -0.453 e. The first kappa shape index (κ1) is 20.3. The van der Waals surface area contributed by atoms with E-state index in [1.807, 2.05) is 6.07 Å². The number of halogens is 4. The number of nitriles is 1. The lowest BCUT2D eigenvalue weighted by Gasteiger charge is -2.12. The van der Waals surface area contributed by atoms with Crippen LogP contribution in [0.5, 0.6) is 11.5 Å². The smallest absolute Gasteiger partial charge is 0.177 e. The Bertz CT molecular complexity index is 1120. The summed E-state index contributed by atoms with van der Waals surface area (Å²) in [6.45, 7) is 0. The summed E-state index contributed by atoms with van der Waals surface area (Å²) in [4.78, 5) is 16.3. The Morgan fingerprint density at radius 3 is 2.75 bits per heavy atom. The highest BCUT2D eigenvalue weighted by Gasteiger charge is 2.19. The van der Waals surface area contributed by atoms with Crippen LogP contribution in [0.2, 0.25) is 10.2 Å². The third-order valence-electron chi connectivity index (χ3n) is 3.76.